The first-order chi connectivity index (χ1) is 8.84. The Morgan fingerprint density at radius 1 is 1.53 bits per heavy atom. The monoisotopic (exact) mass is 320 g/mol. The molecule has 1 fully saturated rings. The number of nitrogen functional groups attached to an aromatic ring is 1. The molecule has 2 rings (SSSR count). The summed E-state index contributed by atoms with van der Waals surface area (Å²) in [6.45, 7) is 2.47. The minimum absolute atomic E-state index is 0.0248. The number of benzene rings is 1. The van der Waals surface area contributed by atoms with E-state index in [-0.39, 0.29) is 20.4 Å². The van der Waals surface area contributed by atoms with Crippen molar-refractivity contribution in [2.75, 3.05) is 18.0 Å². The smallest absolute Gasteiger partial charge is 0.244 e. The summed E-state index contributed by atoms with van der Waals surface area (Å²) in [4.78, 5) is -0.0248. The second-order valence-electron chi connectivity index (χ2n) is 4.88. The molecule has 1 aromatic rings. The maximum atomic E-state index is 12.3. The number of halogens is 1. The molecule has 1 heterocycles. The van der Waals surface area contributed by atoms with Gasteiger partial charge in [0.25, 0.3) is 0 Å². The van der Waals surface area contributed by atoms with Crippen LogP contribution in [0.2, 0.25) is 5.02 Å². The second kappa shape index (κ2) is 5.52. The van der Waals surface area contributed by atoms with Crippen LogP contribution in [0.3, 0.4) is 0 Å². The third-order valence-corrected chi connectivity index (χ3v) is 6.69. The van der Waals surface area contributed by atoms with Gasteiger partial charge in [0.15, 0.2) is 0 Å². The molecule has 0 radical (unpaired) electrons. The Morgan fingerprint density at radius 3 is 2.84 bits per heavy atom. The zero-order valence-electron chi connectivity index (χ0n) is 10.6. The molecule has 0 aromatic heterocycles. The van der Waals surface area contributed by atoms with Gasteiger partial charge in [-0.25, -0.2) is 13.1 Å². The van der Waals surface area contributed by atoms with Crippen LogP contribution in [0.5, 0.6) is 0 Å². The number of hydrogen-bond acceptors (Lipinski definition) is 4. The Morgan fingerprint density at radius 2 is 2.26 bits per heavy atom. The van der Waals surface area contributed by atoms with E-state index < -0.39 is 10.0 Å². The van der Waals surface area contributed by atoms with Crippen LogP contribution in [0.15, 0.2) is 23.1 Å². The first-order valence-electron chi connectivity index (χ1n) is 6.02. The van der Waals surface area contributed by atoms with Gasteiger partial charge in [-0.15, -0.1) is 0 Å². The molecule has 0 saturated carbocycles. The highest BCUT2D eigenvalue weighted by Gasteiger charge is 2.32. The lowest BCUT2D eigenvalue weighted by molar-refractivity contribution is 0.553. The van der Waals surface area contributed by atoms with Crippen molar-refractivity contribution in [3.8, 4) is 0 Å². The van der Waals surface area contributed by atoms with E-state index in [1.807, 2.05) is 0 Å². The first-order valence-corrected chi connectivity index (χ1v) is 8.86. The van der Waals surface area contributed by atoms with Gasteiger partial charge in [0.2, 0.25) is 10.0 Å². The van der Waals surface area contributed by atoms with Gasteiger partial charge >= 0.3 is 0 Å². The number of anilines is 1. The predicted molar refractivity (Wildman–Crippen MR) is 81.1 cm³/mol. The minimum Gasteiger partial charge on any atom is -0.398 e. The molecule has 3 N–H and O–H groups in total. The van der Waals surface area contributed by atoms with Gasteiger partial charge in [0, 0.05) is 11.3 Å². The molecule has 0 amide bonds. The standard InChI is InChI=1S/C12H17ClN2O2S2/c1-12(6-3-7-18-12)8-15-19(16,17)11-9(13)4-2-5-10(11)14/h2,4-5,15H,3,6-8,14H2,1H3. The Balaban J connectivity index is 2.19. The van der Waals surface area contributed by atoms with E-state index in [0.29, 0.717) is 6.54 Å². The third kappa shape index (κ3) is 3.37. The highest BCUT2D eigenvalue weighted by atomic mass is 35.5. The van der Waals surface area contributed by atoms with Crippen molar-refractivity contribution in [3.63, 3.8) is 0 Å². The largest absolute Gasteiger partial charge is 0.398 e. The molecule has 1 atom stereocenters. The summed E-state index contributed by atoms with van der Waals surface area (Å²) in [5.74, 6) is 1.08. The molecule has 1 saturated heterocycles. The van der Waals surface area contributed by atoms with Crippen LogP contribution in [-0.2, 0) is 10.0 Å². The van der Waals surface area contributed by atoms with Crippen LogP contribution in [0.4, 0.5) is 5.69 Å². The van der Waals surface area contributed by atoms with Crippen molar-refractivity contribution in [2.45, 2.75) is 29.4 Å². The SMILES string of the molecule is CC1(CNS(=O)(=O)c2c(N)cccc2Cl)CCCS1. The highest BCUT2D eigenvalue weighted by molar-refractivity contribution is 8.01. The van der Waals surface area contributed by atoms with Gasteiger partial charge in [0.1, 0.15) is 4.90 Å². The van der Waals surface area contributed by atoms with Crippen molar-refractivity contribution < 1.29 is 8.42 Å². The van der Waals surface area contributed by atoms with Crippen LogP contribution < -0.4 is 10.5 Å². The number of sulfonamides is 1. The second-order valence-corrected chi connectivity index (χ2v) is 8.68. The minimum atomic E-state index is -3.67. The average Bonchev–Trinajstić information content (AvgIpc) is 2.74. The molecule has 1 aliphatic heterocycles. The van der Waals surface area contributed by atoms with E-state index in [4.69, 9.17) is 17.3 Å². The Bertz CT molecular complexity index is 549. The molecule has 0 spiro atoms. The number of rotatable bonds is 4. The van der Waals surface area contributed by atoms with Crippen LogP contribution in [0.1, 0.15) is 19.8 Å². The van der Waals surface area contributed by atoms with Crippen LogP contribution in [0.25, 0.3) is 0 Å². The molecule has 106 valence electrons. The fourth-order valence-corrected chi connectivity index (χ4v) is 5.28. The summed E-state index contributed by atoms with van der Waals surface area (Å²) < 4.78 is 27.2. The van der Waals surface area contributed by atoms with Crippen LogP contribution in [-0.4, -0.2) is 25.5 Å². The van der Waals surface area contributed by atoms with E-state index in [1.54, 1.807) is 17.8 Å². The molecule has 19 heavy (non-hydrogen) atoms. The molecule has 1 aliphatic rings. The maximum Gasteiger partial charge on any atom is 0.244 e. The van der Waals surface area contributed by atoms with E-state index in [0.717, 1.165) is 18.6 Å². The summed E-state index contributed by atoms with van der Waals surface area (Å²) in [6, 6.07) is 4.69. The van der Waals surface area contributed by atoms with Gasteiger partial charge in [0.05, 0.1) is 10.7 Å². The summed E-state index contributed by atoms with van der Waals surface area (Å²) in [6.07, 6.45) is 2.13. The normalized spacial score (nSPS) is 23.7. The molecule has 1 aromatic carbocycles. The Hall–Kier alpha value is -0.430. The number of nitrogens with one attached hydrogen (secondary N) is 1. The molecule has 0 aliphatic carbocycles. The first kappa shape index (κ1) is 15.0. The van der Waals surface area contributed by atoms with Crippen LogP contribution >= 0.6 is 23.4 Å². The summed E-state index contributed by atoms with van der Waals surface area (Å²) >= 11 is 7.74. The molecule has 1 unspecified atom stereocenters. The molecular weight excluding hydrogens is 304 g/mol. The molecule has 7 heteroatoms. The summed E-state index contributed by atoms with van der Waals surface area (Å²) in [5, 5.41) is 0.150. The van der Waals surface area contributed by atoms with E-state index >= 15 is 0 Å². The topological polar surface area (TPSA) is 72.2 Å². The van der Waals surface area contributed by atoms with Crippen molar-refractivity contribution >= 4 is 39.1 Å². The fraction of sp³-hybridized carbons (Fsp3) is 0.500. The Labute approximate surface area is 123 Å². The van der Waals surface area contributed by atoms with Gasteiger partial charge in [-0.3, -0.25) is 0 Å². The average molecular weight is 321 g/mol. The van der Waals surface area contributed by atoms with Crippen LogP contribution in [0, 0.1) is 0 Å². The van der Waals surface area contributed by atoms with Crippen molar-refractivity contribution in [3.05, 3.63) is 23.2 Å². The lowest BCUT2D eigenvalue weighted by atomic mass is 10.1. The van der Waals surface area contributed by atoms with E-state index in [1.165, 1.54) is 12.1 Å². The number of nitrogens with two attached hydrogens (primary N) is 1. The van der Waals surface area contributed by atoms with Gasteiger partial charge in [-0.05, 0) is 37.7 Å². The van der Waals surface area contributed by atoms with Crippen molar-refractivity contribution in [2.24, 2.45) is 0 Å². The zero-order valence-corrected chi connectivity index (χ0v) is 13.0. The summed E-state index contributed by atoms with van der Waals surface area (Å²) in [7, 11) is -3.67. The molecule has 4 nitrogen and oxygen atoms in total. The lowest BCUT2D eigenvalue weighted by Gasteiger charge is -2.23. The zero-order chi connectivity index (χ0) is 14.1. The quantitative estimate of drug-likeness (QED) is 0.836. The van der Waals surface area contributed by atoms with Crippen molar-refractivity contribution in [1.29, 1.82) is 0 Å². The highest BCUT2D eigenvalue weighted by Crippen LogP contribution is 2.37. The van der Waals surface area contributed by atoms with Crippen molar-refractivity contribution in [1.82, 2.24) is 4.72 Å². The predicted octanol–water partition coefficient (Wildman–Crippen LogP) is 2.49. The number of thioether (sulfide) groups is 1. The van der Waals surface area contributed by atoms with E-state index in [9.17, 15) is 8.42 Å². The van der Waals surface area contributed by atoms with Gasteiger partial charge in [-0.1, -0.05) is 17.7 Å². The third-order valence-electron chi connectivity index (χ3n) is 3.20. The number of hydrogen-bond donors (Lipinski definition) is 2. The summed E-state index contributed by atoms with van der Waals surface area (Å²) in [5.41, 5.74) is 5.89. The van der Waals surface area contributed by atoms with E-state index in [2.05, 4.69) is 11.6 Å². The lowest BCUT2D eigenvalue weighted by Crippen LogP contribution is -2.37. The maximum absolute atomic E-state index is 12.3. The molecular formula is C12H17ClN2O2S2. The fourth-order valence-electron chi connectivity index (χ4n) is 2.11. The molecule has 0 bridgehead atoms. The van der Waals surface area contributed by atoms with Gasteiger partial charge < -0.3 is 5.73 Å². The van der Waals surface area contributed by atoms with Gasteiger partial charge in [-0.2, -0.15) is 11.8 Å². The Kier molecular flexibility index (Phi) is 4.35.